The van der Waals surface area contributed by atoms with Gasteiger partial charge in [-0.15, -0.1) is 0 Å². The molecule has 0 fully saturated rings. The van der Waals surface area contributed by atoms with Crippen molar-refractivity contribution in [3.63, 3.8) is 0 Å². The van der Waals surface area contributed by atoms with Crippen LogP contribution in [0.1, 0.15) is 31.9 Å². The molecular formula is C16H17IN4O2S. The average molecular weight is 456 g/mol. The molecule has 3 aromatic rings. The fraction of sp³-hybridized carbons (Fsp3) is 0.312. The molecule has 3 heterocycles. The summed E-state index contributed by atoms with van der Waals surface area (Å²) in [5, 5.41) is 6.78. The summed E-state index contributed by atoms with van der Waals surface area (Å²) in [6.45, 7) is 5.42. The van der Waals surface area contributed by atoms with Gasteiger partial charge in [-0.1, -0.05) is 20.8 Å². The van der Waals surface area contributed by atoms with Gasteiger partial charge in [0.25, 0.3) is 5.56 Å². The molecule has 3 rings (SSSR count). The third-order valence-corrected chi connectivity index (χ3v) is 5.23. The molecule has 0 spiro atoms. The predicted molar refractivity (Wildman–Crippen MR) is 105 cm³/mol. The Morgan fingerprint density at radius 2 is 2.12 bits per heavy atom. The van der Waals surface area contributed by atoms with Crippen molar-refractivity contribution in [1.29, 1.82) is 0 Å². The van der Waals surface area contributed by atoms with E-state index in [0.717, 1.165) is 9.26 Å². The van der Waals surface area contributed by atoms with Gasteiger partial charge < -0.3 is 4.98 Å². The van der Waals surface area contributed by atoms with E-state index in [1.54, 1.807) is 32.1 Å². The Hall–Kier alpha value is -1.68. The summed E-state index contributed by atoms with van der Waals surface area (Å²) in [6, 6.07) is 2.05. The lowest BCUT2D eigenvalue weighted by atomic mass is 9.96. The zero-order valence-electron chi connectivity index (χ0n) is 13.5. The van der Waals surface area contributed by atoms with Crippen LogP contribution in [0.3, 0.4) is 0 Å². The largest absolute Gasteiger partial charge is 0.344 e. The van der Waals surface area contributed by atoms with Crippen molar-refractivity contribution in [1.82, 2.24) is 15.0 Å². The number of halogens is 1. The number of carbonyl (C=O) groups is 1. The van der Waals surface area contributed by atoms with Crippen LogP contribution >= 0.6 is 33.9 Å². The fourth-order valence-electron chi connectivity index (χ4n) is 2.21. The van der Waals surface area contributed by atoms with Gasteiger partial charge >= 0.3 is 0 Å². The molecule has 1 amide bonds. The fourth-order valence-corrected chi connectivity index (χ4v) is 3.59. The summed E-state index contributed by atoms with van der Waals surface area (Å²) < 4.78 is 0.881. The SMILES string of the molecule is CC(C)(C)C(=O)Nc1nc2c(Cc3ccsc3)c(I)[nH]c2c(=O)[nH]1. The zero-order chi connectivity index (χ0) is 17.5. The van der Waals surface area contributed by atoms with Crippen LogP contribution in [0.25, 0.3) is 11.0 Å². The second-order valence-electron chi connectivity index (χ2n) is 6.57. The molecule has 126 valence electrons. The van der Waals surface area contributed by atoms with E-state index >= 15 is 0 Å². The van der Waals surface area contributed by atoms with Crippen LogP contribution in [0.4, 0.5) is 5.95 Å². The van der Waals surface area contributed by atoms with Crippen LogP contribution in [0.2, 0.25) is 0 Å². The van der Waals surface area contributed by atoms with Gasteiger partial charge in [-0.2, -0.15) is 11.3 Å². The Morgan fingerprint density at radius 3 is 2.75 bits per heavy atom. The lowest BCUT2D eigenvalue weighted by Crippen LogP contribution is -2.29. The number of amides is 1. The Bertz CT molecular complexity index is 951. The number of rotatable bonds is 3. The number of hydrogen-bond acceptors (Lipinski definition) is 4. The lowest BCUT2D eigenvalue weighted by molar-refractivity contribution is -0.123. The van der Waals surface area contributed by atoms with Gasteiger partial charge in [-0.25, -0.2) is 4.98 Å². The van der Waals surface area contributed by atoms with E-state index in [1.807, 2.05) is 5.38 Å². The first-order valence-corrected chi connectivity index (χ1v) is 9.41. The quantitative estimate of drug-likeness (QED) is 0.527. The van der Waals surface area contributed by atoms with E-state index in [0.29, 0.717) is 17.5 Å². The van der Waals surface area contributed by atoms with Gasteiger partial charge in [0, 0.05) is 17.4 Å². The first-order valence-electron chi connectivity index (χ1n) is 7.38. The Labute approximate surface area is 156 Å². The van der Waals surface area contributed by atoms with Crippen molar-refractivity contribution in [2.45, 2.75) is 27.2 Å². The Morgan fingerprint density at radius 1 is 1.38 bits per heavy atom. The molecule has 3 aromatic heterocycles. The number of aromatic nitrogens is 3. The van der Waals surface area contributed by atoms with E-state index in [4.69, 9.17) is 0 Å². The van der Waals surface area contributed by atoms with E-state index in [9.17, 15) is 9.59 Å². The second-order valence-corrected chi connectivity index (χ2v) is 8.43. The molecule has 0 atom stereocenters. The summed E-state index contributed by atoms with van der Waals surface area (Å²) in [7, 11) is 0. The van der Waals surface area contributed by atoms with E-state index in [2.05, 4.69) is 54.3 Å². The van der Waals surface area contributed by atoms with Gasteiger partial charge in [-0.05, 0) is 45.0 Å². The molecule has 6 nitrogen and oxygen atoms in total. The van der Waals surface area contributed by atoms with Crippen LogP contribution < -0.4 is 10.9 Å². The molecule has 0 aliphatic rings. The number of nitrogens with zero attached hydrogens (tertiary/aromatic N) is 1. The monoisotopic (exact) mass is 456 g/mol. The van der Waals surface area contributed by atoms with Crippen molar-refractivity contribution < 1.29 is 4.79 Å². The van der Waals surface area contributed by atoms with E-state index in [-0.39, 0.29) is 17.4 Å². The second kappa shape index (κ2) is 6.32. The molecule has 0 aromatic carbocycles. The molecular weight excluding hydrogens is 439 g/mol. The predicted octanol–water partition coefficient (Wildman–Crippen LogP) is 3.49. The van der Waals surface area contributed by atoms with Crippen molar-refractivity contribution in [3.8, 4) is 0 Å². The lowest BCUT2D eigenvalue weighted by Gasteiger charge is -2.16. The number of H-pyrrole nitrogens is 2. The summed E-state index contributed by atoms with van der Waals surface area (Å²) in [5.41, 5.74) is 2.29. The van der Waals surface area contributed by atoms with Crippen LogP contribution in [0.15, 0.2) is 21.6 Å². The number of anilines is 1. The highest BCUT2D eigenvalue weighted by Gasteiger charge is 2.23. The summed E-state index contributed by atoms with van der Waals surface area (Å²) in [4.78, 5) is 34.6. The van der Waals surface area contributed by atoms with Crippen LogP contribution in [-0.2, 0) is 11.2 Å². The third kappa shape index (κ3) is 3.39. The number of carbonyl (C=O) groups excluding carboxylic acids is 1. The maximum absolute atomic E-state index is 12.3. The van der Waals surface area contributed by atoms with Crippen molar-refractivity contribution >= 4 is 56.8 Å². The smallest absolute Gasteiger partial charge is 0.276 e. The topological polar surface area (TPSA) is 90.6 Å². The summed E-state index contributed by atoms with van der Waals surface area (Å²) >= 11 is 3.81. The Balaban J connectivity index is 2.05. The molecule has 24 heavy (non-hydrogen) atoms. The van der Waals surface area contributed by atoms with Crippen LogP contribution in [0.5, 0.6) is 0 Å². The van der Waals surface area contributed by atoms with Crippen LogP contribution in [-0.4, -0.2) is 20.9 Å². The van der Waals surface area contributed by atoms with Crippen molar-refractivity contribution in [2.24, 2.45) is 5.41 Å². The van der Waals surface area contributed by atoms with Gasteiger partial charge in [0.1, 0.15) is 11.0 Å². The molecule has 0 unspecified atom stereocenters. The standard InChI is InChI=1S/C16H17IN4O2S/c1-16(2,3)14(23)21-15-19-10-9(6-8-4-5-24-7-8)12(17)18-11(10)13(22)20-15/h4-5,7,18H,6H2,1-3H3,(H2,19,20,21,22,23). The molecule has 0 bridgehead atoms. The van der Waals surface area contributed by atoms with E-state index in [1.165, 1.54) is 5.56 Å². The minimum Gasteiger partial charge on any atom is -0.344 e. The molecule has 8 heteroatoms. The van der Waals surface area contributed by atoms with Gasteiger partial charge in [-0.3, -0.25) is 19.9 Å². The Kier molecular flexibility index (Phi) is 4.52. The highest BCUT2D eigenvalue weighted by molar-refractivity contribution is 14.1. The van der Waals surface area contributed by atoms with Gasteiger partial charge in [0.15, 0.2) is 0 Å². The number of fused-ring (bicyclic) bond motifs is 1. The maximum atomic E-state index is 12.3. The average Bonchev–Trinajstić information content (AvgIpc) is 3.09. The normalized spacial score (nSPS) is 11.8. The molecule has 0 radical (unpaired) electrons. The minimum atomic E-state index is -0.570. The van der Waals surface area contributed by atoms with Crippen molar-refractivity contribution in [3.05, 3.63) is 42.0 Å². The molecule has 0 aliphatic carbocycles. The van der Waals surface area contributed by atoms with Gasteiger partial charge in [0.05, 0.1) is 3.70 Å². The highest BCUT2D eigenvalue weighted by Crippen LogP contribution is 2.25. The zero-order valence-corrected chi connectivity index (χ0v) is 16.5. The third-order valence-electron chi connectivity index (χ3n) is 3.58. The molecule has 0 saturated heterocycles. The number of nitrogens with one attached hydrogen (secondary N) is 3. The van der Waals surface area contributed by atoms with E-state index < -0.39 is 5.41 Å². The van der Waals surface area contributed by atoms with Crippen LogP contribution in [0, 0.1) is 9.12 Å². The number of hydrogen-bond donors (Lipinski definition) is 3. The maximum Gasteiger partial charge on any atom is 0.276 e. The van der Waals surface area contributed by atoms with Gasteiger partial charge in [0.2, 0.25) is 11.9 Å². The summed E-state index contributed by atoms with van der Waals surface area (Å²) in [5.74, 6) is -0.0241. The minimum absolute atomic E-state index is 0.175. The molecule has 0 aliphatic heterocycles. The molecule has 0 saturated carbocycles. The molecule has 3 N–H and O–H groups in total. The first-order chi connectivity index (χ1) is 11.3. The summed E-state index contributed by atoms with van der Waals surface area (Å²) in [6.07, 6.45) is 0.685. The van der Waals surface area contributed by atoms with Crippen molar-refractivity contribution in [2.75, 3.05) is 5.32 Å². The first kappa shape index (κ1) is 17.2. The number of thiophene rings is 1. The number of aromatic amines is 2. The highest BCUT2D eigenvalue weighted by atomic mass is 127.